The molecule has 1 atom stereocenters. The number of rotatable bonds is 3. The highest BCUT2D eigenvalue weighted by Gasteiger charge is 2.25. The van der Waals surface area contributed by atoms with Crippen molar-refractivity contribution in [3.8, 4) is 6.07 Å². The number of carbonyl (C=O) groups is 1. The topological polar surface area (TPSA) is 69.0 Å². The molecular formula is C18H18F2N4O. The molecule has 0 saturated carbocycles. The molecule has 0 aliphatic carbocycles. The van der Waals surface area contributed by atoms with E-state index in [1.165, 1.54) is 19.2 Å². The van der Waals surface area contributed by atoms with Crippen molar-refractivity contribution in [3.05, 3.63) is 35.5 Å². The molecule has 1 aromatic carbocycles. The van der Waals surface area contributed by atoms with E-state index in [2.05, 4.69) is 16.4 Å². The smallest absolute Gasteiger partial charge is 0.216 e. The summed E-state index contributed by atoms with van der Waals surface area (Å²) in [5.41, 5.74) is 0.857. The van der Waals surface area contributed by atoms with Gasteiger partial charge in [-0.25, -0.2) is 8.78 Å². The van der Waals surface area contributed by atoms with Gasteiger partial charge in [0.2, 0.25) is 5.91 Å². The minimum Gasteiger partial charge on any atom is -0.370 e. The van der Waals surface area contributed by atoms with Crippen LogP contribution in [0.25, 0.3) is 10.9 Å². The first kappa shape index (κ1) is 17.1. The molecule has 0 bridgehead atoms. The average molecular weight is 344 g/mol. The Morgan fingerprint density at radius 3 is 3.00 bits per heavy atom. The Labute approximate surface area is 144 Å². The van der Waals surface area contributed by atoms with E-state index >= 15 is 0 Å². The van der Waals surface area contributed by atoms with Crippen LogP contribution in [0.3, 0.4) is 0 Å². The first-order valence-corrected chi connectivity index (χ1v) is 8.17. The minimum atomic E-state index is -0.743. The standard InChI is InChI=1S/C18H18F2N4O/c1-11(25)22-8-12-3-2-4-24(10-12)18-13(7-21)9-23-17-15(18)5-14(19)6-16(17)20/h5-6,9,12H,2-4,8,10H2,1H3,(H,22,25). The van der Waals surface area contributed by atoms with Gasteiger partial charge in [-0.1, -0.05) is 0 Å². The van der Waals surface area contributed by atoms with Crippen molar-refractivity contribution in [1.82, 2.24) is 10.3 Å². The molecule has 1 N–H and O–H groups in total. The van der Waals surface area contributed by atoms with Crippen molar-refractivity contribution < 1.29 is 13.6 Å². The normalized spacial score (nSPS) is 17.4. The zero-order valence-electron chi connectivity index (χ0n) is 13.9. The van der Waals surface area contributed by atoms with Crippen molar-refractivity contribution in [3.63, 3.8) is 0 Å². The summed E-state index contributed by atoms with van der Waals surface area (Å²) in [6.07, 6.45) is 3.15. The molecule has 1 aliphatic heterocycles. The second-order valence-electron chi connectivity index (χ2n) is 6.31. The third kappa shape index (κ3) is 3.53. The third-order valence-corrected chi connectivity index (χ3v) is 4.46. The summed E-state index contributed by atoms with van der Waals surface area (Å²) in [4.78, 5) is 17.1. The molecule has 0 spiro atoms. The molecule has 1 saturated heterocycles. The summed E-state index contributed by atoms with van der Waals surface area (Å²) in [6, 6.07) is 4.08. The number of amides is 1. The lowest BCUT2D eigenvalue weighted by Gasteiger charge is -2.35. The molecule has 25 heavy (non-hydrogen) atoms. The van der Waals surface area contributed by atoms with Crippen LogP contribution in [0.15, 0.2) is 18.3 Å². The van der Waals surface area contributed by atoms with E-state index in [4.69, 9.17) is 0 Å². The maximum atomic E-state index is 14.1. The number of nitriles is 1. The Morgan fingerprint density at radius 2 is 2.28 bits per heavy atom. The first-order chi connectivity index (χ1) is 12.0. The average Bonchev–Trinajstić information content (AvgIpc) is 2.59. The van der Waals surface area contributed by atoms with Gasteiger partial charge in [-0.3, -0.25) is 9.78 Å². The molecule has 3 rings (SSSR count). The second-order valence-corrected chi connectivity index (χ2v) is 6.31. The Balaban J connectivity index is 2.01. The first-order valence-electron chi connectivity index (χ1n) is 8.17. The Bertz CT molecular complexity index is 862. The largest absolute Gasteiger partial charge is 0.370 e. The summed E-state index contributed by atoms with van der Waals surface area (Å²) in [6.45, 7) is 3.30. The van der Waals surface area contributed by atoms with Crippen LogP contribution in [0, 0.1) is 28.9 Å². The fraction of sp³-hybridized carbons (Fsp3) is 0.389. The van der Waals surface area contributed by atoms with E-state index < -0.39 is 11.6 Å². The predicted molar refractivity (Wildman–Crippen MR) is 90.0 cm³/mol. The van der Waals surface area contributed by atoms with Gasteiger partial charge < -0.3 is 10.2 Å². The third-order valence-electron chi connectivity index (χ3n) is 4.46. The zero-order chi connectivity index (χ0) is 18.0. The lowest BCUT2D eigenvalue weighted by molar-refractivity contribution is -0.119. The molecule has 5 nitrogen and oxygen atoms in total. The Hall–Kier alpha value is -2.75. The number of fused-ring (bicyclic) bond motifs is 1. The van der Waals surface area contributed by atoms with Gasteiger partial charge in [0.15, 0.2) is 5.82 Å². The number of benzene rings is 1. The van der Waals surface area contributed by atoms with Crippen molar-refractivity contribution in [1.29, 1.82) is 5.26 Å². The number of piperidine rings is 1. The van der Waals surface area contributed by atoms with Crippen molar-refractivity contribution in [2.24, 2.45) is 5.92 Å². The van der Waals surface area contributed by atoms with E-state index in [9.17, 15) is 18.8 Å². The number of aromatic nitrogens is 1. The summed E-state index contributed by atoms with van der Waals surface area (Å²) in [7, 11) is 0. The van der Waals surface area contributed by atoms with E-state index in [1.807, 2.05) is 4.90 Å². The van der Waals surface area contributed by atoms with Crippen LogP contribution in [-0.4, -0.2) is 30.5 Å². The lowest BCUT2D eigenvalue weighted by atomic mass is 9.96. The van der Waals surface area contributed by atoms with Gasteiger partial charge in [0.1, 0.15) is 17.4 Å². The number of hydrogen-bond donors (Lipinski definition) is 1. The van der Waals surface area contributed by atoms with Crippen LogP contribution in [-0.2, 0) is 4.79 Å². The summed E-state index contributed by atoms with van der Waals surface area (Å²) in [5, 5.41) is 12.5. The second kappa shape index (κ2) is 7.01. The zero-order valence-corrected chi connectivity index (χ0v) is 13.9. The van der Waals surface area contributed by atoms with Gasteiger partial charge in [-0.15, -0.1) is 0 Å². The highest BCUT2D eigenvalue weighted by molar-refractivity contribution is 5.95. The van der Waals surface area contributed by atoms with Crippen LogP contribution in [0.4, 0.5) is 14.5 Å². The maximum absolute atomic E-state index is 14.1. The molecule has 130 valence electrons. The number of carbonyl (C=O) groups excluding carboxylic acids is 1. The maximum Gasteiger partial charge on any atom is 0.216 e. The number of nitrogens with zero attached hydrogens (tertiary/aromatic N) is 3. The lowest BCUT2D eigenvalue weighted by Crippen LogP contribution is -2.41. The summed E-state index contributed by atoms with van der Waals surface area (Å²) < 4.78 is 27.8. The summed E-state index contributed by atoms with van der Waals surface area (Å²) >= 11 is 0. The molecule has 2 heterocycles. The van der Waals surface area contributed by atoms with Gasteiger partial charge in [-0.2, -0.15) is 5.26 Å². The van der Waals surface area contributed by atoms with E-state index in [1.54, 1.807) is 0 Å². The highest BCUT2D eigenvalue weighted by Crippen LogP contribution is 2.33. The van der Waals surface area contributed by atoms with Crippen LogP contribution in [0.1, 0.15) is 25.3 Å². The minimum absolute atomic E-state index is 0.0550. The molecule has 1 unspecified atom stereocenters. The van der Waals surface area contributed by atoms with Crippen molar-refractivity contribution in [2.75, 3.05) is 24.5 Å². The van der Waals surface area contributed by atoms with E-state index in [0.29, 0.717) is 30.7 Å². The van der Waals surface area contributed by atoms with Crippen LogP contribution in [0.2, 0.25) is 0 Å². The van der Waals surface area contributed by atoms with Crippen molar-refractivity contribution in [2.45, 2.75) is 19.8 Å². The van der Waals surface area contributed by atoms with E-state index in [0.717, 1.165) is 18.9 Å². The van der Waals surface area contributed by atoms with Crippen molar-refractivity contribution >= 4 is 22.5 Å². The predicted octanol–water partition coefficient (Wildman–Crippen LogP) is 2.74. The van der Waals surface area contributed by atoms with Crippen LogP contribution in [0.5, 0.6) is 0 Å². The van der Waals surface area contributed by atoms with Gasteiger partial charge >= 0.3 is 0 Å². The Morgan fingerprint density at radius 1 is 1.48 bits per heavy atom. The number of pyridine rings is 1. The van der Waals surface area contributed by atoms with Gasteiger partial charge in [0.05, 0.1) is 11.3 Å². The molecule has 1 aliphatic rings. The quantitative estimate of drug-likeness (QED) is 0.930. The Kier molecular flexibility index (Phi) is 4.79. The monoisotopic (exact) mass is 344 g/mol. The molecule has 1 fully saturated rings. The molecule has 1 amide bonds. The number of nitrogens with one attached hydrogen (secondary N) is 1. The summed E-state index contributed by atoms with van der Waals surface area (Å²) in [5.74, 6) is -1.32. The highest BCUT2D eigenvalue weighted by atomic mass is 19.1. The van der Waals surface area contributed by atoms with Gasteiger partial charge in [0.25, 0.3) is 0 Å². The molecular weight excluding hydrogens is 326 g/mol. The SMILES string of the molecule is CC(=O)NCC1CCCN(c2c(C#N)cnc3c(F)cc(F)cc23)C1. The van der Waals surface area contributed by atoms with E-state index in [-0.39, 0.29) is 22.9 Å². The molecule has 2 aromatic rings. The fourth-order valence-corrected chi connectivity index (χ4v) is 3.36. The molecule has 0 radical (unpaired) electrons. The van der Waals surface area contributed by atoms with Crippen LogP contribution < -0.4 is 10.2 Å². The fourth-order valence-electron chi connectivity index (χ4n) is 3.36. The van der Waals surface area contributed by atoms with Gasteiger partial charge in [-0.05, 0) is 24.8 Å². The number of anilines is 1. The molecule has 1 aromatic heterocycles. The number of halogens is 2. The molecule has 7 heteroatoms. The van der Waals surface area contributed by atoms with Gasteiger partial charge in [0, 0.05) is 44.2 Å². The number of hydrogen-bond acceptors (Lipinski definition) is 4. The van der Waals surface area contributed by atoms with Crippen LogP contribution >= 0.6 is 0 Å².